The van der Waals surface area contributed by atoms with Gasteiger partial charge in [-0.05, 0) is 42.5 Å². The van der Waals surface area contributed by atoms with Crippen LogP contribution < -0.4 is 20.3 Å². The van der Waals surface area contributed by atoms with Gasteiger partial charge in [0, 0.05) is 18.2 Å². The van der Waals surface area contributed by atoms with Crippen LogP contribution in [0.1, 0.15) is 17.3 Å². The fourth-order valence-electron chi connectivity index (χ4n) is 1.89. The average molecular weight is 363 g/mol. The van der Waals surface area contributed by atoms with Crippen molar-refractivity contribution in [1.29, 1.82) is 0 Å². The van der Waals surface area contributed by atoms with E-state index in [1.54, 1.807) is 24.3 Å². The van der Waals surface area contributed by atoms with Gasteiger partial charge < -0.3 is 4.74 Å². The summed E-state index contributed by atoms with van der Waals surface area (Å²) in [5, 5.41) is 0. The summed E-state index contributed by atoms with van der Waals surface area (Å²) in [6.45, 7) is 1.24. The molecule has 3 N–H and O–H groups in total. The van der Waals surface area contributed by atoms with Crippen molar-refractivity contribution in [2.24, 2.45) is 0 Å². The van der Waals surface area contributed by atoms with Crippen LogP contribution in [0.25, 0.3) is 0 Å². The molecule has 9 heteroatoms. The Labute approximate surface area is 145 Å². The second-order valence-electron chi connectivity index (χ2n) is 5.00. The van der Waals surface area contributed by atoms with Gasteiger partial charge in [0.1, 0.15) is 5.75 Å². The summed E-state index contributed by atoms with van der Waals surface area (Å²) in [5.41, 5.74) is 4.75. The first kappa shape index (κ1) is 18.3. The molecule has 2 aromatic rings. The molecule has 0 atom stereocenters. The van der Waals surface area contributed by atoms with Crippen molar-refractivity contribution < 1.29 is 22.7 Å². The number of hydrogen-bond donors (Lipinski definition) is 3. The van der Waals surface area contributed by atoms with E-state index in [4.69, 9.17) is 4.74 Å². The molecule has 132 valence electrons. The Hall–Kier alpha value is -3.07. The number of carbonyl (C=O) groups is 2. The predicted octanol–water partition coefficient (Wildman–Crippen LogP) is 1.28. The Kier molecular flexibility index (Phi) is 5.60. The maximum atomic E-state index is 12.5. The van der Waals surface area contributed by atoms with Crippen molar-refractivity contribution in [1.82, 2.24) is 10.9 Å². The summed E-state index contributed by atoms with van der Waals surface area (Å²) in [6, 6.07) is 11.8. The monoisotopic (exact) mass is 363 g/mol. The molecule has 0 spiro atoms. The molecule has 0 heterocycles. The number of methoxy groups -OCH3 is 1. The quantitative estimate of drug-likeness (QED) is 0.693. The third-order valence-corrected chi connectivity index (χ3v) is 4.48. The molecule has 0 unspecified atom stereocenters. The second kappa shape index (κ2) is 7.67. The zero-order valence-corrected chi connectivity index (χ0v) is 14.4. The molecule has 8 nitrogen and oxygen atoms in total. The minimum absolute atomic E-state index is 0.0845. The van der Waals surface area contributed by atoms with Crippen molar-refractivity contribution in [3.63, 3.8) is 0 Å². The highest BCUT2D eigenvalue weighted by Gasteiger charge is 2.16. The summed E-state index contributed by atoms with van der Waals surface area (Å²) in [6.07, 6.45) is 0. The average Bonchev–Trinajstić information content (AvgIpc) is 2.60. The predicted molar refractivity (Wildman–Crippen MR) is 91.5 cm³/mol. The third-order valence-electron chi connectivity index (χ3n) is 3.10. The number of anilines is 1. The molecule has 0 aromatic heterocycles. The lowest BCUT2D eigenvalue weighted by Crippen LogP contribution is -2.40. The molecule has 0 aliphatic heterocycles. The molecule has 0 saturated carbocycles. The topological polar surface area (TPSA) is 114 Å². The van der Waals surface area contributed by atoms with E-state index in [1.807, 2.05) is 0 Å². The summed E-state index contributed by atoms with van der Waals surface area (Å²) < 4.78 is 32.3. The minimum Gasteiger partial charge on any atom is -0.497 e. The Morgan fingerprint density at radius 2 is 1.68 bits per heavy atom. The van der Waals surface area contributed by atoms with Crippen LogP contribution in [-0.4, -0.2) is 27.3 Å². The zero-order chi connectivity index (χ0) is 18.4. The van der Waals surface area contributed by atoms with E-state index in [1.165, 1.54) is 38.3 Å². The summed E-state index contributed by atoms with van der Waals surface area (Å²) >= 11 is 0. The van der Waals surface area contributed by atoms with Crippen LogP contribution >= 0.6 is 0 Å². The standard InChI is InChI=1S/C16H17N3O5S/c1-11(20)17-18-16(21)12-4-3-5-15(10-12)25(22,23)19-13-6-8-14(24-2)9-7-13/h3-10,19H,1-2H3,(H,17,20)(H,18,21). The van der Waals surface area contributed by atoms with Crippen LogP contribution in [0, 0.1) is 0 Å². The second-order valence-corrected chi connectivity index (χ2v) is 6.68. The number of benzene rings is 2. The van der Waals surface area contributed by atoms with Gasteiger partial charge in [-0.15, -0.1) is 0 Å². The molecular formula is C16H17N3O5S. The third kappa shape index (κ3) is 4.95. The van der Waals surface area contributed by atoms with Crippen molar-refractivity contribution in [3.8, 4) is 5.75 Å². The molecule has 0 fully saturated rings. The van der Waals surface area contributed by atoms with E-state index < -0.39 is 21.8 Å². The highest BCUT2D eigenvalue weighted by Crippen LogP contribution is 2.20. The number of nitrogens with one attached hydrogen (secondary N) is 3. The summed E-state index contributed by atoms with van der Waals surface area (Å²) in [4.78, 5) is 22.6. The van der Waals surface area contributed by atoms with E-state index >= 15 is 0 Å². The summed E-state index contributed by atoms with van der Waals surface area (Å²) in [5.74, 6) is -0.477. The molecule has 0 aliphatic rings. The van der Waals surface area contributed by atoms with E-state index in [0.717, 1.165) is 0 Å². The SMILES string of the molecule is COc1ccc(NS(=O)(=O)c2cccc(C(=O)NNC(C)=O)c2)cc1. The van der Waals surface area contributed by atoms with E-state index in [9.17, 15) is 18.0 Å². The zero-order valence-electron chi connectivity index (χ0n) is 13.6. The van der Waals surface area contributed by atoms with Crippen molar-refractivity contribution in [2.45, 2.75) is 11.8 Å². The highest BCUT2D eigenvalue weighted by molar-refractivity contribution is 7.92. The number of amides is 2. The van der Waals surface area contributed by atoms with E-state index in [2.05, 4.69) is 15.6 Å². The van der Waals surface area contributed by atoms with Gasteiger partial charge in [0.2, 0.25) is 5.91 Å². The minimum atomic E-state index is -3.88. The van der Waals surface area contributed by atoms with Crippen LogP contribution in [-0.2, 0) is 14.8 Å². The van der Waals surface area contributed by atoms with Crippen molar-refractivity contribution >= 4 is 27.5 Å². The van der Waals surface area contributed by atoms with Crippen LogP contribution in [0.3, 0.4) is 0 Å². The normalized spacial score (nSPS) is 10.6. The van der Waals surface area contributed by atoms with Crippen molar-refractivity contribution in [2.75, 3.05) is 11.8 Å². The molecule has 0 saturated heterocycles. The smallest absolute Gasteiger partial charge is 0.269 e. The molecule has 2 amide bonds. The lowest BCUT2D eigenvalue weighted by Gasteiger charge is -2.10. The van der Waals surface area contributed by atoms with Gasteiger partial charge in [-0.25, -0.2) is 8.42 Å². The fourth-order valence-corrected chi connectivity index (χ4v) is 3.00. The first-order chi connectivity index (χ1) is 11.8. The van der Waals surface area contributed by atoms with Crippen LogP contribution in [0.5, 0.6) is 5.75 Å². The van der Waals surface area contributed by atoms with E-state index in [-0.39, 0.29) is 10.5 Å². The summed E-state index contributed by atoms with van der Waals surface area (Å²) in [7, 11) is -2.37. The Morgan fingerprint density at radius 3 is 2.28 bits per heavy atom. The maximum absolute atomic E-state index is 12.5. The number of carbonyl (C=O) groups excluding carboxylic acids is 2. The maximum Gasteiger partial charge on any atom is 0.269 e. The lowest BCUT2D eigenvalue weighted by atomic mass is 10.2. The number of ether oxygens (including phenoxy) is 1. The number of hydrazine groups is 1. The van der Waals surface area contributed by atoms with Crippen LogP contribution in [0.4, 0.5) is 5.69 Å². The lowest BCUT2D eigenvalue weighted by molar-refractivity contribution is -0.119. The number of sulfonamides is 1. The van der Waals surface area contributed by atoms with Gasteiger partial charge in [0.25, 0.3) is 15.9 Å². The first-order valence-electron chi connectivity index (χ1n) is 7.15. The highest BCUT2D eigenvalue weighted by atomic mass is 32.2. The van der Waals surface area contributed by atoms with Crippen LogP contribution in [0.2, 0.25) is 0 Å². The van der Waals surface area contributed by atoms with Gasteiger partial charge in [-0.1, -0.05) is 6.07 Å². The molecule has 25 heavy (non-hydrogen) atoms. The molecule has 0 bridgehead atoms. The molecule has 0 radical (unpaired) electrons. The van der Waals surface area contributed by atoms with Crippen LogP contribution in [0.15, 0.2) is 53.4 Å². The van der Waals surface area contributed by atoms with Crippen molar-refractivity contribution in [3.05, 3.63) is 54.1 Å². The Bertz CT molecular complexity index is 879. The van der Waals surface area contributed by atoms with E-state index in [0.29, 0.717) is 11.4 Å². The molecule has 0 aliphatic carbocycles. The first-order valence-corrected chi connectivity index (χ1v) is 8.64. The molecule has 2 aromatic carbocycles. The van der Waals surface area contributed by atoms with Gasteiger partial charge in [0.15, 0.2) is 0 Å². The van der Waals surface area contributed by atoms with Gasteiger partial charge in [0.05, 0.1) is 12.0 Å². The fraction of sp³-hybridized carbons (Fsp3) is 0.125. The van der Waals surface area contributed by atoms with Gasteiger partial charge in [-0.3, -0.25) is 25.2 Å². The number of rotatable bonds is 5. The number of hydrogen-bond acceptors (Lipinski definition) is 5. The molecule has 2 rings (SSSR count). The molecular weight excluding hydrogens is 346 g/mol. The van der Waals surface area contributed by atoms with Gasteiger partial charge >= 0.3 is 0 Å². The largest absolute Gasteiger partial charge is 0.497 e. The Balaban J connectivity index is 2.19. The Morgan fingerprint density at radius 1 is 1.00 bits per heavy atom. The van der Waals surface area contributed by atoms with Gasteiger partial charge in [-0.2, -0.15) is 0 Å².